The van der Waals surface area contributed by atoms with Gasteiger partial charge in [-0.1, -0.05) is 13.3 Å². The van der Waals surface area contributed by atoms with Crippen LogP contribution in [0.4, 0.5) is 0 Å². The fourth-order valence-corrected chi connectivity index (χ4v) is 1.09. The van der Waals surface area contributed by atoms with Gasteiger partial charge in [0, 0.05) is 13.2 Å². The molecule has 0 aliphatic rings. The minimum Gasteiger partial charge on any atom is -0.396 e. The maximum atomic E-state index is 8.51. The van der Waals surface area contributed by atoms with Crippen LogP contribution in [0.3, 0.4) is 0 Å². The second kappa shape index (κ2) is 5.56. The van der Waals surface area contributed by atoms with Gasteiger partial charge in [0.2, 0.25) is 0 Å². The minimum absolute atomic E-state index is 0.01000. The molecule has 0 fully saturated rings. The zero-order valence-electron chi connectivity index (χ0n) is 7.89. The lowest BCUT2D eigenvalue weighted by Gasteiger charge is -2.24. The van der Waals surface area contributed by atoms with Gasteiger partial charge in [0.1, 0.15) is 0 Å². The zero-order valence-corrected chi connectivity index (χ0v) is 7.89. The summed E-state index contributed by atoms with van der Waals surface area (Å²) in [6.45, 7) is 7.23. The highest BCUT2D eigenvalue weighted by Crippen LogP contribution is 2.16. The van der Waals surface area contributed by atoms with E-state index in [0.29, 0.717) is 6.61 Å². The van der Waals surface area contributed by atoms with Gasteiger partial charge >= 0.3 is 0 Å². The van der Waals surface area contributed by atoms with Crippen LogP contribution in [0.5, 0.6) is 0 Å². The van der Waals surface area contributed by atoms with Gasteiger partial charge < -0.3 is 9.84 Å². The van der Waals surface area contributed by atoms with E-state index in [1.54, 1.807) is 0 Å². The first kappa shape index (κ1) is 10.9. The lowest BCUT2D eigenvalue weighted by molar-refractivity contribution is -0.0286. The molecule has 2 nitrogen and oxygen atoms in total. The molecule has 68 valence electrons. The minimum atomic E-state index is -0.01000. The molecule has 0 heterocycles. The molecule has 0 radical (unpaired) electrons. The van der Waals surface area contributed by atoms with E-state index in [2.05, 4.69) is 20.8 Å². The van der Waals surface area contributed by atoms with Crippen molar-refractivity contribution in [1.29, 1.82) is 0 Å². The van der Waals surface area contributed by atoms with Gasteiger partial charge in [0.05, 0.1) is 5.60 Å². The van der Waals surface area contributed by atoms with Crippen molar-refractivity contribution in [3.05, 3.63) is 0 Å². The smallest absolute Gasteiger partial charge is 0.0626 e. The Labute approximate surface area is 69.6 Å². The lowest BCUT2D eigenvalue weighted by Crippen LogP contribution is -2.24. The van der Waals surface area contributed by atoms with E-state index in [1.165, 1.54) is 0 Å². The van der Waals surface area contributed by atoms with Crippen LogP contribution < -0.4 is 0 Å². The van der Waals surface area contributed by atoms with E-state index in [1.807, 2.05) is 0 Å². The van der Waals surface area contributed by atoms with Crippen molar-refractivity contribution in [1.82, 2.24) is 0 Å². The van der Waals surface area contributed by atoms with Crippen LogP contribution in [0.1, 0.15) is 40.0 Å². The molecule has 0 aromatic carbocycles. The van der Waals surface area contributed by atoms with Crippen LogP contribution >= 0.6 is 0 Å². The van der Waals surface area contributed by atoms with Gasteiger partial charge in [0.15, 0.2) is 0 Å². The zero-order chi connectivity index (χ0) is 8.74. The molecule has 2 heteroatoms. The molecule has 0 unspecified atom stereocenters. The van der Waals surface area contributed by atoms with Crippen molar-refractivity contribution < 1.29 is 9.84 Å². The Bertz CT molecular complexity index is 89.6. The summed E-state index contributed by atoms with van der Waals surface area (Å²) < 4.78 is 5.55. The maximum absolute atomic E-state index is 8.51. The molecule has 0 aromatic heterocycles. The predicted octanol–water partition coefficient (Wildman–Crippen LogP) is 1.96. The third-order valence-electron chi connectivity index (χ3n) is 1.65. The number of ether oxygens (including phenoxy) is 1. The number of hydrogen-bond donors (Lipinski definition) is 1. The monoisotopic (exact) mass is 160 g/mol. The van der Waals surface area contributed by atoms with Crippen LogP contribution in [0, 0.1) is 0 Å². The number of hydrogen-bond acceptors (Lipinski definition) is 2. The molecule has 1 N–H and O–H groups in total. The van der Waals surface area contributed by atoms with Crippen LogP contribution in [0.25, 0.3) is 0 Å². The van der Waals surface area contributed by atoms with E-state index in [9.17, 15) is 0 Å². The Morgan fingerprint density at radius 3 is 2.45 bits per heavy atom. The highest BCUT2D eigenvalue weighted by molar-refractivity contribution is 4.66. The van der Waals surface area contributed by atoms with Crippen molar-refractivity contribution in [2.75, 3.05) is 13.2 Å². The standard InChI is InChI=1S/C9H20O2/c1-4-6-9(2,3)11-8-5-7-10/h10H,4-8H2,1-3H3. The molecule has 0 spiro atoms. The molecule has 0 atom stereocenters. The van der Waals surface area contributed by atoms with E-state index in [-0.39, 0.29) is 12.2 Å². The summed E-state index contributed by atoms with van der Waals surface area (Å²) in [5.74, 6) is 0. The Balaban J connectivity index is 3.38. The summed E-state index contributed by atoms with van der Waals surface area (Å²) in [5.41, 5.74) is -0.01000. The van der Waals surface area contributed by atoms with Gasteiger partial charge in [0.25, 0.3) is 0 Å². The molecule has 0 saturated carbocycles. The SMILES string of the molecule is CCCC(C)(C)OCCCO. The predicted molar refractivity (Wildman–Crippen MR) is 46.6 cm³/mol. The van der Waals surface area contributed by atoms with Crippen LogP contribution in [0.2, 0.25) is 0 Å². The van der Waals surface area contributed by atoms with Crippen molar-refractivity contribution >= 4 is 0 Å². The Morgan fingerprint density at radius 2 is 2.00 bits per heavy atom. The molecule has 0 bridgehead atoms. The molecule has 11 heavy (non-hydrogen) atoms. The molecule has 0 amide bonds. The quantitative estimate of drug-likeness (QED) is 0.602. The Kier molecular flexibility index (Phi) is 5.51. The van der Waals surface area contributed by atoms with Crippen molar-refractivity contribution in [3.63, 3.8) is 0 Å². The van der Waals surface area contributed by atoms with Crippen LogP contribution in [0.15, 0.2) is 0 Å². The summed E-state index contributed by atoms with van der Waals surface area (Å²) in [6, 6.07) is 0. The van der Waals surface area contributed by atoms with Gasteiger partial charge in [-0.05, 0) is 26.7 Å². The number of aliphatic hydroxyl groups is 1. The number of rotatable bonds is 6. The third-order valence-corrected chi connectivity index (χ3v) is 1.65. The third kappa shape index (κ3) is 6.32. The average Bonchev–Trinajstić information content (AvgIpc) is 1.87. The highest BCUT2D eigenvalue weighted by Gasteiger charge is 2.15. The highest BCUT2D eigenvalue weighted by atomic mass is 16.5. The summed E-state index contributed by atoms with van der Waals surface area (Å²) in [6.07, 6.45) is 2.97. The van der Waals surface area contributed by atoms with E-state index in [0.717, 1.165) is 19.3 Å². The molecule has 0 rings (SSSR count). The normalized spacial score (nSPS) is 12.0. The van der Waals surface area contributed by atoms with Gasteiger partial charge in [-0.25, -0.2) is 0 Å². The van der Waals surface area contributed by atoms with Crippen molar-refractivity contribution in [2.45, 2.75) is 45.6 Å². The summed E-state index contributed by atoms with van der Waals surface area (Å²) in [5, 5.41) is 8.51. The van der Waals surface area contributed by atoms with E-state index >= 15 is 0 Å². The van der Waals surface area contributed by atoms with Crippen molar-refractivity contribution in [2.24, 2.45) is 0 Å². The van der Waals surface area contributed by atoms with E-state index < -0.39 is 0 Å². The maximum Gasteiger partial charge on any atom is 0.0626 e. The molecule has 0 aromatic rings. The lowest BCUT2D eigenvalue weighted by atomic mass is 10.0. The topological polar surface area (TPSA) is 29.5 Å². The number of aliphatic hydroxyl groups excluding tert-OH is 1. The summed E-state index contributed by atoms with van der Waals surface area (Å²) in [7, 11) is 0. The molecular formula is C9H20O2. The van der Waals surface area contributed by atoms with Crippen LogP contribution in [-0.2, 0) is 4.74 Å². The molecule has 0 aliphatic carbocycles. The first-order valence-electron chi connectivity index (χ1n) is 4.37. The Hall–Kier alpha value is -0.0800. The molecular weight excluding hydrogens is 140 g/mol. The molecule has 0 aliphatic heterocycles. The largest absolute Gasteiger partial charge is 0.396 e. The second-order valence-electron chi connectivity index (χ2n) is 3.44. The van der Waals surface area contributed by atoms with E-state index in [4.69, 9.17) is 9.84 Å². The summed E-state index contributed by atoms with van der Waals surface area (Å²) >= 11 is 0. The van der Waals surface area contributed by atoms with Crippen molar-refractivity contribution in [3.8, 4) is 0 Å². The van der Waals surface area contributed by atoms with Gasteiger partial charge in [-0.3, -0.25) is 0 Å². The first-order valence-corrected chi connectivity index (χ1v) is 4.37. The summed E-state index contributed by atoms with van der Waals surface area (Å²) in [4.78, 5) is 0. The van der Waals surface area contributed by atoms with Gasteiger partial charge in [-0.2, -0.15) is 0 Å². The van der Waals surface area contributed by atoms with Crippen LogP contribution in [-0.4, -0.2) is 23.9 Å². The fourth-order valence-electron chi connectivity index (χ4n) is 1.09. The fraction of sp³-hybridized carbons (Fsp3) is 1.00. The van der Waals surface area contributed by atoms with Gasteiger partial charge in [-0.15, -0.1) is 0 Å². The Morgan fingerprint density at radius 1 is 1.36 bits per heavy atom. The average molecular weight is 160 g/mol. The second-order valence-corrected chi connectivity index (χ2v) is 3.44. The first-order chi connectivity index (χ1) is 5.12. The molecule has 0 saturated heterocycles.